The van der Waals surface area contributed by atoms with Crippen LogP contribution in [0.15, 0.2) is 0 Å². The lowest BCUT2D eigenvalue weighted by molar-refractivity contribution is -0.190. The molecule has 0 amide bonds. The van der Waals surface area contributed by atoms with Gasteiger partial charge in [-0.2, -0.15) is 0 Å². The number of aliphatic hydroxyl groups is 2. The summed E-state index contributed by atoms with van der Waals surface area (Å²) in [5.74, 6) is -1.24. The van der Waals surface area contributed by atoms with E-state index in [9.17, 15) is 9.90 Å². The third-order valence-electron chi connectivity index (χ3n) is 1.90. The van der Waals surface area contributed by atoms with Gasteiger partial charge in [0.25, 0.3) is 0 Å². The van der Waals surface area contributed by atoms with E-state index in [1.165, 1.54) is 0 Å². The van der Waals surface area contributed by atoms with E-state index in [0.29, 0.717) is 0 Å². The number of carboxylic acid groups (broad SMARTS) is 1. The molecule has 5 heteroatoms. The number of carbonyl (C=O) groups is 1. The molecule has 1 saturated heterocycles. The highest BCUT2D eigenvalue weighted by atomic mass is 16.5. The molecular weight excluding hydrogens is 164 g/mol. The van der Waals surface area contributed by atoms with Crippen molar-refractivity contribution in [3.8, 4) is 0 Å². The fourth-order valence-corrected chi connectivity index (χ4v) is 1.27. The smallest absolute Gasteiger partial charge is 0.335 e. The fourth-order valence-electron chi connectivity index (χ4n) is 1.27. The van der Waals surface area contributed by atoms with Crippen LogP contribution in [0.5, 0.6) is 0 Å². The van der Waals surface area contributed by atoms with E-state index in [1.807, 2.05) is 0 Å². The fraction of sp³-hybridized carbons (Fsp3) is 0.857. The van der Waals surface area contributed by atoms with Crippen LogP contribution in [-0.2, 0) is 9.53 Å². The van der Waals surface area contributed by atoms with E-state index < -0.39 is 24.3 Å². The van der Waals surface area contributed by atoms with Crippen LogP contribution in [0.4, 0.5) is 0 Å². The number of aliphatic hydroxyl groups excluding tert-OH is 2. The van der Waals surface area contributed by atoms with Crippen molar-refractivity contribution < 1.29 is 24.9 Å². The van der Waals surface area contributed by atoms with E-state index in [0.717, 1.165) is 0 Å². The minimum Gasteiger partial charge on any atom is -0.479 e. The van der Waals surface area contributed by atoms with Gasteiger partial charge in [-0.1, -0.05) is 0 Å². The third kappa shape index (κ3) is 1.74. The highest BCUT2D eigenvalue weighted by molar-refractivity contribution is 5.73. The van der Waals surface area contributed by atoms with Gasteiger partial charge in [-0.25, -0.2) is 4.79 Å². The average molecular weight is 176 g/mol. The maximum atomic E-state index is 10.5. The summed E-state index contributed by atoms with van der Waals surface area (Å²) >= 11 is 0. The first-order valence-corrected chi connectivity index (χ1v) is 3.76. The number of aliphatic carboxylic acids is 1. The highest BCUT2D eigenvalue weighted by Gasteiger charge is 2.39. The minimum absolute atomic E-state index is 0.269. The minimum atomic E-state index is -1.32. The Balaban J connectivity index is 2.66. The SMILES string of the molecule is CC1C[C@@H](O)[C@H](O)[C@@H](C(=O)O)O1. The summed E-state index contributed by atoms with van der Waals surface area (Å²) in [4.78, 5) is 10.5. The molecule has 4 atom stereocenters. The Labute approximate surface area is 69.6 Å². The molecule has 0 radical (unpaired) electrons. The third-order valence-corrected chi connectivity index (χ3v) is 1.90. The second-order valence-corrected chi connectivity index (χ2v) is 3.00. The highest BCUT2D eigenvalue weighted by Crippen LogP contribution is 2.19. The van der Waals surface area contributed by atoms with Crippen molar-refractivity contribution in [2.24, 2.45) is 0 Å². The molecule has 1 rings (SSSR count). The molecule has 0 bridgehead atoms. The van der Waals surface area contributed by atoms with Crippen LogP contribution >= 0.6 is 0 Å². The molecule has 0 aromatic carbocycles. The predicted octanol–water partition coefficient (Wildman–Crippen LogP) is -1.03. The molecule has 1 heterocycles. The monoisotopic (exact) mass is 176 g/mol. The second-order valence-electron chi connectivity index (χ2n) is 3.00. The number of hydrogen-bond acceptors (Lipinski definition) is 4. The number of rotatable bonds is 1. The van der Waals surface area contributed by atoms with Gasteiger partial charge in [0.05, 0.1) is 12.2 Å². The normalized spacial score (nSPS) is 42.6. The Kier molecular flexibility index (Phi) is 2.66. The van der Waals surface area contributed by atoms with Crippen molar-refractivity contribution >= 4 is 5.97 Å². The van der Waals surface area contributed by atoms with Crippen molar-refractivity contribution in [1.29, 1.82) is 0 Å². The molecule has 12 heavy (non-hydrogen) atoms. The summed E-state index contributed by atoms with van der Waals surface area (Å²) < 4.78 is 4.92. The Morgan fingerprint density at radius 2 is 2.08 bits per heavy atom. The second kappa shape index (κ2) is 3.38. The summed E-state index contributed by atoms with van der Waals surface area (Å²) in [6, 6.07) is 0. The maximum absolute atomic E-state index is 10.5. The molecular formula is C7H12O5. The molecule has 0 aromatic heterocycles. The van der Waals surface area contributed by atoms with Gasteiger partial charge < -0.3 is 20.1 Å². The van der Waals surface area contributed by atoms with Gasteiger partial charge in [-0.05, 0) is 6.92 Å². The molecule has 1 aliphatic heterocycles. The topological polar surface area (TPSA) is 87.0 Å². The Hall–Kier alpha value is -0.650. The van der Waals surface area contributed by atoms with Crippen LogP contribution in [0, 0.1) is 0 Å². The van der Waals surface area contributed by atoms with Crippen molar-refractivity contribution in [3.63, 3.8) is 0 Å². The van der Waals surface area contributed by atoms with E-state index >= 15 is 0 Å². The quantitative estimate of drug-likeness (QED) is 0.475. The number of hydrogen-bond donors (Lipinski definition) is 3. The Bertz CT molecular complexity index is 181. The summed E-state index contributed by atoms with van der Waals surface area (Å²) in [5, 5.41) is 26.9. The molecule has 5 nitrogen and oxygen atoms in total. The van der Waals surface area contributed by atoms with Gasteiger partial charge in [-0.3, -0.25) is 0 Å². The first kappa shape index (κ1) is 9.44. The van der Waals surface area contributed by atoms with Crippen LogP contribution in [0.2, 0.25) is 0 Å². The molecule has 0 aromatic rings. The van der Waals surface area contributed by atoms with Crippen LogP contribution in [0.1, 0.15) is 13.3 Å². The summed E-state index contributed by atoms with van der Waals surface area (Å²) in [5.41, 5.74) is 0. The first-order chi connectivity index (χ1) is 5.52. The van der Waals surface area contributed by atoms with Gasteiger partial charge in [0, 0.05) is 6.42 Å². The van der Waals surface area contributed by atoms with E-state index in [1.54, 1.807) is 6.92 Å². The molecule has 0 saturated carbocycles. The number of carboxylic acids is 1. The molecule has 3 N–H and O–H groups in total. The number of ether oxygens (including phenoxy) is 1. The summed E-state index contributed by atoms with van der Waals surface area (Å²) in [7, 11) is 0. The Morgan fingerprint density at radius 1 is 1.50 bits per heavy atom. The summed E-state index contributed by atoms with van der Waals surface area (Å²) in [6.07, 6.45) is -3.69. The van der Waals surface area contributed by atoms with Crippen molar-refractivity contribution in [2.75, 3.05) is 0 Å². The standard InChI is InChI=1S/C7H12O5/c1-3-2-4(8)5(9)6(12-3)7(10)11/h3-6,8-9H,2H2,1H3,(H,10,11)/t3?,4-,5+,6+/m1/s1. The van der Waals surface area contributed by atoms with Gasteiger partial charge in [0.1, 0.15) is 6.10 Å². The van der Waals surface area contributed by atoms with Gasteiger partial charge in [-0.15, -0.1) is 0 Å². The molecule has 70 valence electrons. The van der Waals surface area contributed by atoms with E-state index in [4.69, 9.17) is 14.9 Å². The maximum Gasteiger partial charge on any atom is 0.335 e. The van der Waals surface area contributed by atoms with Crippen LogP contribution in [0.25, 0.3) is 0 Å². The molecule has 0 spiro atoms. The molecule has 1 fully saturated rings. The first-order valence-electron chi connectivity index (χ1n) is 3.76. The molecule has 1 aliphatic rings. The molecule has 0 aliphatic carbocycles. The lowest BCUT2D eigenvalue weighted by Gasteiger charge is -2.33. The average Bonchev–Trinajstić information content (AvgIpc) is 1.96. The van der Waals surface area contributed by atoms with Crippen LogP contribution in [-0.4, -0.2) is 45.7 Å². The zero-order valence-corrected chi connectivity index (χ0v) is 6.67. The summed E-state index contributed by atoms with van der Waals surface area (Å²) in [6.45, 7) is 1.66. The van der Waals surface area contributed by atoms with Crippen LogP contribution in [0.3, 0.4) is 0 Å². The van der Waals surface area contributed by atoms with Crippen molar-refractivity contribution in [1.82, 2.24) is 0 Å². The van der Waals surface area contributed by atoms with Crippen molar-refractivity contribution in [2.45, 2.75) is 37.8 Å². The van der Waals surface area contributed by atoms with Crippen LogP contribution < -0.4 is 0 Å². The zero-order valence-electron chi connectivity index (χ0n) is 6.67. The molecule has 1 unspecified atom stereocenters. The van der Waals surface area contributed by atoms with Gasteiger partial charge in [0.2, 0.25) is 0 Å². The lowest BCUT2D eigenvalue weighted by Crippen LogP contribution is -2.51. The van der Waals surface area contributed by atoms with E-state index in [-0.39, 0.29) is 12.5 Å². The largest absolute Gasteiger partial charge is 0.479 e. The predicted molar refractivity (Wildman–Crippen MR) is 38.6 cm³/mol. The Morgan fingerprint density at radius 3 is 2.58 bits per heavy atom. The van der Waals surface area contributed by atoms with Gasteiger partial charge in [0.15, 0.2) is 6.10 Å². The zero-order chi connectivity index (χ0) is 9.30. The van der Waals surface area contributed by atoms with Crippen molar-refractivity contribution in [3.05, 3.63) is 0 Å². The van der Waals surface area contributed by atoms with E-state index in [2.05, 4.69) is 0 Å². The lowest BCUT2D eigenvalue weighted by atomic mass is 9.99. The van der Waals surface area contributed by atoms with Gasteiger partial charge >= 0.3 is 5.97 Å².